The second-order valence-electron chi connectivity index (χ2n) is 5.74. The quantitative estimate of drug-likeness (QED) is 0.714. The van der Waals surface area contributed by atoms with Crippen molar-refractivity contribution >= 4 is 34.0 Å². The fourth-order valence-corrected chi connectivity index (χ4v) is 3.18. The smallest absolute Gasteiger partial charge is 0.233 e. The van der Waals surface area contributed by atoms with E-state index >= 15 is 0 Å². The Bertz CT molecular complexity index is 875. The van der Waals surface area contributed by atoms with Crippen LogP contribution in [0.3, 0.4) is 0 Å². The number of hydrogen-bond donors (Lipinski definition) is 1. The lowest BCUT2D eigenvalue weighted by Gasteiger charge is -2.01. The summed E-state index contributed by atoms with van der Waals surface area (Å²) in [5.41, 5.74) is 1.03. The molecule has 0 spiro atoms. The van der Waals surface area contributed by atoms with Crippen LogP contribution in [0, 0.1) is 0 Å². The molecule has 25 heavy (non-hydrogen) atoms. The first-order valence-corrected chi connectivity index (χ1v) is 8.97. The second kappa shape index (κ2) is 7.71. The molecule has 2 heterocycles. The summed E-state index contributed by atoms with van der Waals surface area (Å²) in [5, 5.41) is 16.0. The minimum atomic E-state index is -0.220. The fourth-order valence-electron chi connectivity index (χ4n) is 2.13. The summed E-state index contributed by atoms with van der Waals surface area (Å²) < 4.78 is 0. The number of amides is 1. The van der Waals surface area contributed by atoms with Crippen molar-refractivity contribution in [1.29, 1.82) is 0 Å². The first-order chi connectivity index (χ1) is 12.0. The van der Waals surface area contributed by atoms with Crippen LogP contribution in [0.15, 0.2) is 30.5 Å². The summed E-state index contributed by atoms with van der Waals surface area (Å²) in [7, 11) is 0. The van der Waals surface area contributed by atoms with Crippen molar-refractivity contribution in [2.45, 2.75) is 32.7 Å². The molecule has 3 rings (SSSR count). The van der Waals surface area contributed by atoms with E-state index in [-0.39, 0.29) is 18.4 Å². The van der Waals surface area contributed by atoms with Gasteiger partial charge in [-0.15, -0.1) is 21.5 Å². The highest BCUT2D eigenvalue weighted by atomic mass is 35.5. The zero-order valence-electron chi connectivity index (χ0n) is 13.8. The van der Waals surface area contributed by atoms with E-state index in [1.54, 1.807) is 6.20 Å². The first kappa shape index (κ1) is 17.5. The summed E-state index contributed by atoms with van der Waals surface area (Å²) in [5.74, 6) is 0.168. The molecule has 0 unspecified atom stereocenters. The molecule has 7 nitrogen and oxygen atoms in total. The van der Waals surface area contributed by atoms with Crippen LogP contribution in [-0.4, -0.2) is 31.1 Å². The molecule has 0 aliphatic heterocycles. The number of carbonyl (C=O) groups is 1. The number of anilines is 1. The van der Waals surface area contributed by atoms with Gasteiger partial charge in [0.15, 0.2) is 11.0 Å². The summed E-state index contributed by atoms with van der Waals surface area (Å²) in [6.45, 7) is 3.89. The Labute approximate surface area is 154 Å². The number of benzene rings is 1. The molecule has 1 N–H and O–H groups in total. The summed E-state index contributed by atoms with van der Waals surface area (Å²) in [4.78, 5) is 18.8. The number of thiazole rings is 1. The van der Waals surface area contributed by atoms with Crippen LogP contribution < -0.4 is 5.32 Å². The number of rotatable bonds is 6. The first-order valence-electron chi connectivity index (χ1n) is 7.77. The fraction of sp³-hybridized carbons (Fsp3) is 0.312. The number of nitrogens with one attached hydrogen (secondary N) is 1. The van der Waals surface area contributed by atoms with Gasteiger partial charge in [0.1, 0.15) is 0 Å². The lowest BCUT2D eigenvalue weighted by molar-refractivity contribution is -0.115. The zero-order valence-corrected chi connectivity index (χ0v) is 15.4. The highest BCUT2D eigenvalue weighted by Gasteiger charge is 2.13. The largest absolute Gasteiger partial charge is 0.302 e. The number of nitrogens with zero attached hydrogens (tertiary/aromatic N) is 5. The van der Waals surface area contributed by atoms with E-state index < -0.39 is 0 Å². The normalized spacial score (nSPS) is 11.0. The van der Waals surface area contributed by atoms with Crippen LogP contribution in [0.2, 0.25) is 5.02 Å². The van der Waals surface area contributed by atoms with Crippen molar-refractivity contribution in [3.05, 3.63) is 51.7 Å². The minimum Gasteiger partial charge on any atom is -0.302 e. The number of tetrazole rings is 1. The van der Waals surface area contributed by atoms with E-state index in [4.69, 9.17) is 11.6 Å². The van der Waals surface area contributed by atoms with Crippen molar-refractivity contribution in [1.82, 2.24) is 25.2 Å². The molecule has 130 valence electrons. The number of carbonyl (C=O) groups excluding carboxylic acids is 1. The molecule has 0 radical (unpaired) electrons. The molecule has 0 aliphatic rings. The van der Waals surface area contributed by atoms with Gasteiger partial charge in [-0.3, -0.25) is 4.79 Å². The van der Waals surface area contributed by atoms with Crippen LogP contribution >= 0.6 is 22.9 Å². The highest BCUT2D eigenvalue weighted by Crippen LogP contribution is 2.24. The van der Waals surface area contributed by atoms with E-state index in [2.05, 4.69) is 25.7 Å². The van der Waals surface area contributed by atoms with Gasteiger partial charge in [0.25, 0.3) is 0 Å². The van der Waals surface area contributed by atoms with Gasteiger partial charge in [-0.25, -0.2) is 4.98 Å². The average molecular weight is 377 g/mol. The zero-order chi connectivity index (χ0) is 17.8. The van der Waals surface area contributed by atoms with Gasteiger partial charge in [0, 0.05) is 22.5 Å². The monoisotopic (exact) mass is 376 g/mol. The number of halogens is 1. The third kappa shape index (κ3) is 4.61. The maximum atomic E-state index is 12.1. The van der Waals surface area contributed by atoms with Gasteiger partial charge in [-0.1, -0.05) is 29.8 Å². The predicted octanol–water partition coefficient (Wildman–Crippen LogP) is 3.14. The molecule has 0 fully saturated rings. The van der Waals surface area contributed by atoms with Crippen molar-refractivity contribution in [2.24, 2.45) is 0 Å². The Hall–Kier alpha value is -2.32. The molecule has 0 bridgehead atoms. The third-order valence-electron chi connectivity index (χ3n) is 3.37. The maximum Gasteiger partial charge on any atom is 0.233 e. The molecule has 1 aromatic carbocycles. The molecule has 3 aromatic rings. The molecular weight excluding hydrogens is 360 g/mol. The minimum absolute atomic E-state index is 0.0617. The molecular formula is C16H17ClN6OS. The van der Waals surface area contributed by atoms with E-state index in [0.29, 0.717) is 17.4 Å². The lowest BCUT2D eigenvalue weighted by atomic mass is 10.1. The van der Waals surface area contributed by atoms with E-state index in [1.807, 2.05) is 38.1 Å². The lowest BCUT2D eigenvalue weighted by Crippen LogP contribution is -2.15. The van der Waals surface area contributed by atoms with Gasteiger partial charge in [-0.2, -0.15) is 4.80 Å². The van der Waals surface area contributed by atoms with Crippen LogP contribution in [0.1, 0.15) is 36.2 Å². The molecule has 0 saturated heterocycles. The van der Waals surface area contributed by atoms with E-state index in [9.17, 15) is 4.79 Å². The molecule has 0 atom stereocenters. The standard InChI is InChI=1S/C16H17ClN6OS/c1-10(2)23-21-14(20-22-23)8-15(24)19-16-18-9-12(25-16)7-11-5-3-4-6-13(11)17/h3-6,9-10H,7-8H2,1-2H3,(H,18,19,24). The summed E-state index contributed by atoms with van der Waals surface area (Å²) >= 11 is 7.59. The molecule has 2 aromatic heterocycles. The Morgan fingerprint density at radius 2 is 2.16 bits per heavy atom. The van der Waals surface area contributed by atoms with Crippen molar-refractivity contribution in [3.8, 4) is 0 Å². The van der Waals surface area contributed by atoms with Gasteiger partial charge >= 0.3 is 0 Å². The van der Waals surface area contributed by atoms with Crippen LogP contribution in [0.25, 0.3) is 0 Å². The highest BCUT2D eigenvalue weighted by molar-refractivity contribution is 7.15. The Balaban J connectivity index is 1.59. The summed E-state index contributed by atoms with van der Waals surface area (Å²) in [6.07, 6.45) is 2.49. The second-order valence-corrected chi connectivity index (χ2v) is 7.27. The maximum absolute atomic E-state index is 12.1. The topological polar surface area (TPSA) is 85.6 Å². The molecule has 0 aliphatic carbocycles. The molecule has 9 heteroatoms. The molecule has 1 amide bonds. The number of hydrogen-bond acceptors (Lipinski definition) is 6. The van der Waals surface area contributed by atoms with Crippen molar-refractivity contribution < 1.29 is 4.79 Å². The van der Waals surface area contributed by atoms with Gasteiger partial charge < -0.3 is 5.32 Å². The van der Waals surface area contributed by atoms with Gasteiger partial charge in [0.2, 0.25) is 5.91 Å². The third-order valence-corrected chi connectivity index (χ3v) is 4.65. The summed E-state index contributed by atoms with van der Waals surface area (Å²) in [6, 6.07) is 7.79. The van der Waals surface area contributed by atoms with Crippen LogP contribution in [-0.2, 0) is 17.6 Å². The SMILES string of the molecule is CC(C)n1nnc(CC(=O)Nc2ncc(Cc3ccccc3Cl)s2)n1. The number of aromatic nitrogens is 5. The average Bonchev–Trinajstić information content (AvgIpc) is 3.19. The van der Waals surface area contributed by atoms with Crippen molar-refractivity contribution in [2.75, 3.05) is 5.32 Å². The van der Waals surface area contributed by atoms with Crippen LogP contribution in [0.4, 0.5) is 5.13 Å². The van der Waals surface area contributed by atoms with Crippen LogP contribution in [0.5, 0.6) is 0 Å². The van der Waals surface area contributed by atoms with Crippen molar-refractivity contribution in [3.63, 3.8) is 0 Å². The molecule has 0 saturated carbocycles. The predicted molar refractivity (Wildman–Crippen MR) is 96.9 cm³/mol. The Kier molecular flexibility index (Phi) is 5.40. The van der Waals surface area contributed by atoms with Gasteiger partial charge in [0.05, 0.1) is 12.5 Å². The Morgan fingerprint density at radius 1 is 1.36 bits per heavy atom. The Morgan fingerprint density at radius 3 is 2.88 bits per heavy atom. The van der Waals surface area contributed by atoms with E-state index in [1.165, 1.54) is 16.1 Å². The van der Waals surface area contributed by atoms with Gasteiger partial charge in [-0.05, 0) is 30.7 Å². The van der Waals surface area contributed by atoms with E-state index in [0.717, 1.165) is 15.5 Å².